The number of ether oxygens (including phenoxy) is 1. The van der Waals surface area contributed by atoms with E-state index in [1.807, 2.05) is 48.5 Å². The van der Waals surface area contributed by atoms with Gasteiger partial charge < -0.3 is 10.1 Å². The Hall–Kier alpha value is -2.33. The molecule has 0 amide bonds. The van der Waals surface area contributed by atoms with Gasteiger partial charge in [-0.05, 0) is 30.3 Å². The molecule has 0 saturated heterocycles. The molecule has 1 aromatic heterocycles. The van der Waals surface area contributed by atoms with Crippen LogP contribution in [0.5, 0.6) is 5.75 Å². The predicted octanol–water partition coefficient (Wildman–Crippen LogP) is 3.77. The number of hydrogen-bond donors (Lipinski definition) is 1. The van der Waals surface area contributed by atoms with Gasteiger partial charge in [0.2, 0.25) is 0 Å². The number of rotatable bonds is 5. The van der Waals surface area contributed by atoms with Crippen molar-refractivity contribution in [2.75, 3.05) is 18.5 Å². The van der Waals surface area contributed by atoms with Crippen LogP contribution in [0.15, 0.2) is 54.9 Å². The van der Waals surface area contributed by atoms with Crippen LogP contribution in [0.3, 0.4) is 0 Å². The average molecular weight is 300 g/mol. The second kappa shape index (κ2) is 6.41. The van der Waals surface area contributed by atoms with E-state index in [-0.39, 0.29) is 0 Å². The molecular formula is C16H14ClN3O. The van der Waals surface area contributed by atoms with Crippen LogP contribution < -0.4 is 10.1 Å². The van der Waals surface area contributed by atoms with Crippen molar-refractivity contribution >= 4 is 28.3 Å². The summed E-state index contributed by atoms with van der Waals surface area (Å²) >= 11 is 6.02. The van der Waals surface area contributed by atoms with Crippen molar-refractivity contribution in [3.8, 4) is 5.75 Å². The molecule has 3 aromatic rings. The zero-order valence-corrected chi connectivity index (χ0v) is 12.0. The minimum atomic E-state index is 0.552. The first-order valence-electron chi connectivity index (χ1n) is 6.65. The van der Waals surface area contributed by atoms with Gasteiger partial charge in [0.15, 0.2) is 0 Å². The lowest BCUT2D eigenvalue weighted by atomic mass is 10.2. The Kier molecular flexibility index (Phi) is 4.17. The third-order valence-corrected chi connectivity index (χ3v) is 3.24. The maximum atomic E-state index is 6.02. The molecule has 1 N–H and O–H groups in total. The summed E-state index contributed by atoms with van der Waals surface area (Å²) in [4.78, 5) is 8.47. The lowest BCUT2D eigenvalue weighted by Gasteiger charge is -2.09. The molecule has 0 aliphatic rings. The number of anilines is 1. The number of aromatic nitrogens is 2. The van der Waals surface area contributed by atoms with E-state index in [1.54, 1.807) is 0 Å². The van der Waals surface area contributed by atoms with Crippen LogP contribution in [0, 0.1) is 0 Å². The second-order valence-corrected chi connectivity index (χ2v) is 4.91. The Morgan fingerprint density at radius 3 is 2.76 bits per heavy atom. The quantitative estimate of drug-likeness (QED) is 0.728. The van der Waals surface area contributed by atoms with E-state index >= 15 is 0 Å². The molecule has 0 aliphatic carbocycles. The molecule has 0 aliphatic heterocycles. The lowest BCUT2D eigenvalue weighted by Crippen LogP contribution is -2.12. The van der Waals surface area contributed by atoms with Gasteiger partial charge in [-0.3, -0.25) is 0 Å². The highest BCUT2D eigenvalue weighted by Crippen LogP contribution is 2.22. The van der Waals surface area contributed by atoms with Gasteiger partial charge in [0, 0.05) is 10.4 Å². The van der Waals surface area contributed by atoms with Crippen LogP contribution in [0.1, 0.15) is 0 Å². The minimum Gasteiger partial charge on any atom is -0.492 e. The molecule has 5 heteroatoms. The van der Waals surface area contributed by atoms with E-state index in [0.29, 0.717) is 18.2 Å². The van der Waals surface area contributed by atoms with Gasteiger partial charge >= 0.3 is 0 Å². The molecule has 1 heterocycles. The van der Waals surface area contributed by atoms with E-state index < -0.39 is 0 Å². The average Bonchev–Trinajstić information content (AvgIpc) is 2.53. The highest BCUT2D eigenvalue weighted by molar-refractivity contribution is 6.31. The Labute approximate surface area is 127 Å². The topological polar surface area (TPSA) is 47.0 Å². The standard InChI is InChI=1S/C16H14ClN3O/c17-12-6-7-15-14(10-12)16(20-11-19-15)18-8-9-21-13-4-2-1-3-5-13/h1-7,10-11H,8-9H2,(H,18,19,20). The number of para-hydroxylation sites is 1. The molecular weight excluding hydrogens is 286 g/mol. The molecule has 106 valence electrons. The van der Waals surface area contributed by atoms with E-state index in [9.17, 15) is 0 Å². The summed E-state index contributed by atoms with van der Waals surface area (Å²) in [5, 5.41) is 4.82. The van der Waals surface area contributed by atoms with Gasteiger partial charge in [0.05, 0.1) is 12.1 Å². The number of fused-ring (bicyclic) bond motifs is 1. The monoisotopic (exact) mass is 299 g/mol. The van der Waals surface area contributed by atoms with Crippen LogP contribution in [0.25, 0.3) is 10.9 Å². The number of hydrogen-bond acceptors (Lipinski definition) is 4. The third kappa shape index (κ3) is 3.41. The number of nitrogens with one attached hydrogen (secondary N) is 1. The summed E-state index contributed by atoms with van der Waals surface area (Å²) in [6.45, 7) is 1.20. The number of benzene rings is 2. The fourth-order valence-corrected chi connectivity index (χ4v) is 2.20. The first kappa shape index (κ1) is 13.6. The van der Waals surface area contributed by atoms with Crippen molar-refractivity contribution in [2.24, 2.45) is 0 Å². The summed E-state index contributed by atoms with van der Waals surface area (Å²) < 4.78 is 5.63. The van der Waals surface area contributed by atoms with Crippen molar-refractivity contribution in [1.29, 1.82) is 0 Å². The maximum absolute atomic E-state index is 6.02. The molecule has 0 radical (unpaired) electrons. The molecule has 0 bridgehead atoms. The molecule has 2 aromatic carbocycles. The van der Waals surface area contributed by atoms with Crippen LogP contribution >= 0.6 is 11.6 Å². The predicted molar refractivity (Wildman–Crippen MR) is 85.0 cm³/mol. The summed E-state index contributed by atoms with van der Waals surface area (Å²) in [6, 6.07) is 15.3. The molecule has 0 saturated carbocycles. The van der Waals surface area contributed by atoms with Gasteiger partial charge in [-0.2, -0.15) is 0 Å². The highest BCUT2D eigenvalue weighted by atomic mass is 35.5. The van der Waals surface area contributed by atoms with Gasteiger partial charge in [0.25, 0.3) is 0 Å². The normalized spacial score (nSPS) is 10.5. The molecule has 3 rings (SSSR count). The molecule has 0 spiro atoms. The second-order valence-electron chi connectivity index (χ2n) is 4.47. The van der Waals surface area contributed by atoms with Gasteiger partial charge in [-0.15, -0.1) is 0 Å². The zero-order valence-electron chi connectivity index (χ0n) is 11.3. The molecule has 4 nitrogen and oxygen atoms in total. The smallest absolute Gasteiger partial charge is 0.137 e. The van der Waals surface area contributed by atoms with Crippen molar-refractivity contribution in [1.82, 2.24) is 9.97 Å². The van der Waals surface area contributed by atoms with Crippen molar-refractivity contribution < 1.29 is 4.74 Å². The minimum absolute atomic E-state index is 0.552. The van der Waals surface area contributed by atoms with E-state index in [0.717, 1.165) is 22.5 Å². The molecule has 0 atom stereocenters. The summed E-state index contributed by atoms with van der Waals surface area (Å²) in [7, 11) is 0. The van der Waals surface area contributed by atoms with Crippen molar-refractivity contribution in [2.45, 2.75) is 0 Å². The first-order valence-corrected chi connectivity index (χ1v) is 7.03. The van der Waals surface area contributed by atoms with Crippen LogP contribution in [-0.2, 0) is 0 Å². The van der Waals surface area contributed by atoms with E-state index in [4.69, 9.17) is 16.3 Å². The van der Waals surface area contributed by atoms with Gasteiger partial charge in [-0.25, -0.2) is 9.97 Å². The van der Waals surface area contributed by atoms with E-state index in [1.165, 1.54) is 6.33 Å². The fourth-order valence-electron chi connectivity index (χ4n) is 2.02. The summed E-state index contributed by atoms with van der Waals surface area (Å²) in [5.74, 6) is 1.62. The number of halogens is 1. The van der Waals surface area contributed by atoms with Gasteiger partial charge in [-0.1, -0.05) is 29.8 Å². The number of nitrogens with zero attached hydrogens (tertiary/aromatic N) is 2. The van der Waals surface area contributed by atoms with Crippen LogP contribution in [-0.4, -0.2) is 23.1 Å². The summed E-state index contributed by atoms with van der Waals surface area (Å²) in [5.41, 5.74) is 0.862. The molecule has 21 heavy (non-hydrogen) atoms. The third-order valence-electron chi connectivity index (χ3n) is 3.00. The summed E-state index contributed by atoms with van der Waals surface area (Å²) in [6.07, 6.45) is 1.54. The zero-order chi connectivity index (χ0) is 14.5. The largest absolute Gasteiger partial charge is 0.492 e. The Bertz CT molecular complexity index is 734. The van der Waals surface area contributed by atoms with Crippen molar-refractivity contribution in [3.05, 3.63) is 59.9 Å². The van der Waals surface area contributed by atoms with Crippen LogP contribution in [0.4, 0.5) is 5.82 Å². The molecule has 0 unspecified atom stereocenters. The van der Waals surface area contributed by atoms with Crippen molar-refractivity contribution in [3.63, 3.8) is 0 Å². The van der Waals surface area contributed by atoms with E-state index in [2.05, 4.69) is 15.3 Å². The first-order chi connectivity index (χ1) is 10.3. The maximum Gasteiger partial charge on any atom is 0.137 e. The fraction of sp³-hybridized carbons (Fsp3) is 0.125. The Balaban J connectivity index is 1.64. The Morgan fingerprint density at radius 1 is 1.05 bits per heavy atom. The molecule has 0 fully saturated rings. The van der Waals surface area contributed by atoms with Crippen LogP contribution in [0.2, 0.25) is 5.02 Å². The lowest BCUT2D eigenvalue weighted by molar-refractivity contribution is 0.333. The van der Waals surface area contributed by atoms with Gasteiger partial charge in [0.1, 0.15) is 24.5 Å². The Morgan fingerprint density at radius 2 is 1.90 bits per heavy atom. The highest BCUT2D eigenvalue weighted by Gasteiger charge is 2.03. The SMILES string of the molecule is Clc1ccc2ncnc(NCCOc3ccccc3)c2c1.